The smallest absolute Gasteiger partial charge is 0.229 e. The lowest BCUT2D eigenvalue weighted by Crippen LogP contribution is -2.44. The standard InChI is InChI=1S/C22H21N7O/c23-18-6-3-13-1-2-14(11-17(13)25-18)16-5-4-15-19(24)27-21(28-20(15)26-16)29-9-10-30-22(12-29)7-8-22/h1-6,11H,7-10,12H2,(H2,23,25)(H2,24,26,27,28). The molecule has 1 aliphatic carbocycles. The maximum absolute atomic E-state index is 6.25. The van der Waals surface area contributed by atoms with Gasteiger partial charge in [-0.2, -0.15) is 9.97 Å². The summed E-state index contributed by atoms with van der Waals surface area (Å²) in [6, 6.07) is 13.7. The summed E-state index contributed by atoms with van der Waals surface area (Å²) >= 11 is 0. The van der Waals surface area contributed by atoms with Crippen molar-refractivity contribution in [2.24, 2.45) is 0 Å². The van der Waals surface area contributed by atoms with Gasteiger partial charge in [0.2, 0.25) is 5.95 Å². The molecule has 0 amide bonds. The number of nitrogens with zero attached hydrogens (tertiary/aromatic N) is 5. The Morgan fingerprint density at radius 1 is 0.933 bits per heavy atom. The molecular weight excluding hydrogens is 378 g/mol. The van der Waals surface area contributed by atoms with Gasteiger partial charge in [-0.15, -0.1) is 0 Å². The normalized spacial score (nSPS) is 17.7. The average molecular weight is 399 g/mol. The van der Waals surface area contributed by atoms with Crippen LogP contribution in [0.1, 0.15) is 12.8 Å². The number of rotatable bonds is 2. The van der Waals surface area contributed by atoms with Gasteiger partial charge >= 0.3 is 0 Å². The minimum atomic E-state index is -0.0133. The molecule has 2 aliphatic rings. The van der Waals surface area contributed by atoms with Crippen LogP contribution in [0.5, 0.6) is 0 Å². The first kappa shape index (κ1) is 17.3. The highest BCUT2D eigenvalue weighted by Crippen LogP contribution is 2.42. The zero-order chi connectivity index (χ0) is 20.3. The van der Waals surface area contributed by atoms with E-state index in [0.29, 0.717) is 29.8 Å². The van der Waals surface area contributed by atoms with Crippen LogP contribution in [0.15, 0.2) is 42.5 Å². The van der Waals surface area contributed by atoms with Gasteiger partial charge in [0.15, 0.2) is 5.65 Å². The van der Waals surface area contributed by atoms with E-state index in [2.05, 4.69) is 14.9 Å². The summed E-state index contributed by atoms with van der Waals surface area (Å²) in [5.41, 5.74) is 15.3. The third kappa shape index (κ3) is 2.88. The Labute approximate surface area is 172 Å². The highest BCUT2D eigenvalue weighted by atomic mass is 16.5. The SMILES string of the molecule is Nc1ccc2ccc(-c3ccc4c(N)nc(N5CCOC6(CC6)C5)nc4n3)cc2n1. The molecule has 30 heavy (non-hydrogen) atoms. The van der Waals surface area contributed by atoms with Crippen LogP contribution >= 0.6 is 0 Å². The van der Waals surface area contributed by atoms with Crippen LogP contribution in [0, 0.1) is 0 Å². The molecule has 0 radical (unpaired) electrons. The van der Waals surface area contributed by atoms with Gasteiger partial charge in [-0.3, -0.25) is 0 Å². The summed E-state index contributed by atoms with van der Waals surface area (Å²) in [6.45, 7) is 2.24. The second-order valence-electron chi connectivity index (χ2n) is 8.07. The first-order valence-electron chi connectivity index (χ1n) is 10.1. The molecule has 0 atom stereocenters. The lowest BCUT2D eigenvalue weighted by Gasteiger charge is -2.33. The largest absolute Gasteiger partial charge is 0.384 e. The van der Waals surface area contributed by atoms with Crippen molar-refractivity contribution in [3.8, 4) is 11.3 Å². The summed E-state index contributed by atoms with van der Waals surface area (Å²) in [5, 5.41) is 1.78. The van der Waals surface area contributed by atoms with Crippen molar-refractivity contribution in [2.75, 3.05) is 36.1 Å². The molecule has 1 saturated heterocycles. The van der Waals surface area contributed by atoms with Crippen molar-refractivity contribution in [1.82, 2.24) is 19.9 Å². The zero-order valence-electron chi connectivity index (χ0n) is 16.4. The maximum atomic E-state index is 6.25. The van der Waals surface area contributed by atoms with Gasteiger partial charge in [0.1, 0.15) is 11.6 Å². The molecule has 1 spiro atoms. The fourth-order valence-corrected chi connectivity index (χ4v) is 4.07. The Kier molecular flexibility index (Phi) is 3.61. The molecule has 0 unspecified atom stereocenters. The number of fused-ring (bicyclic) bond motifs is 2. The summed E-state index contributed by atoms with van der Waals surface area (Å²) in [5.74, 6) is 1.56. The lowest BCUT2D eigenvalue weighted by atomic mass is 10.1. The van der Waals surface area contributed by atoms with E-state index in [1.165, 1.54) is 0 Å². The van der Waals surface area contributed by atoms with Crippen LogP contribution in [-0.2, 0) is 4.74 Å². The number of benzene rings is 1. The van der Waals surface area contributed by atoms with E-state index in [9.17, 15) is 0 Å². The molecule has 4 N–H and O–H groups in total. The van der Waals surface area contributed by atoms with E-state index in [1.807, 2.05) is 36.4 Å². The predicted molar refractivity (Wildman–Crippen MR) is 117 cm³/mol. The first-order valence-corrected chi connectivity index (χ1v) is 10.1. The molecule has 0 bridgehead atoms. The molecule has 4 aromatic rings. The Bertz CT molecular complexity index is 1300. The Hall–Kier alpha value is -3.52. The van der Waals surface area contributed by atoms with E-state index in [4.69, 9.17) is 26.2 Å². The molecule has 4 heterocycles. The molecular formula is C22H21N7O. The summed E-state index contributed by atoms with van der Waals surface area (Å²) in [7, 11) is 0. The van der Waals surface area contributed by atoms with Crippen LogP contribution in [0.2, 0.25) is 0 Å². The molecule has 150 valence electrons. The van der Waals surface area contributed by atoms with E-state index < -0.39 is 0 Å². The van der Waals surface area contributed by atoms with Crippen LogP contribution in [0.4, 0.5) is 17.6 Å². The highest BCUT2D eigenvalue weighted by Gasteiger charge is 2.48. The van der Waals surface area contributed by atoms with Crippen LogP contribution in [0.25, 0.3) is 33.2 Å². The fraction of sp³-hybridized carbons (Fsp3) is 0.273. The molecule has 2 fully saturated rings. The number of nitrogen functional groups attached to an aromatic ring is 2. The van der Waals surface area contributed by atoms with Gasteiger partial charge in [0.25, 0.3) is 0 Å². The van der Waals surface area contributed by atoms with E-state index in [0.717, 1.165) is 53.5 Å². The summed E-state index contributed by atoms with van der Waals surface area (Å²) < 4.78 is 5.91. The number of nitrogens with two attached hydrogens (primary N) is 2. The molecule has 1 aromatic carbocycles. The van der Waals surface area contributed by atoms with Crippen molar-refractivity contribution in [3.05, 3.63) is 42.5 Å². The second kappa shape index (κ2) is 6.24. The van der Waals surface area contributed by atoms with Gasteiger partial charge in [-0.1, -0.05) is 12.1 Å². The number of morpholine rings is 1. The van der Waals surface area contributed by atoms with Gasteiger partial charge in [0.05, 0.1) is 28.8 Å². The zero-order valence-corrected chi connectivity index (χ0v) is 16.4. The maximum Gasteiger partial charge on any atom is 0.229 e. The molecule has 1 saturated carbocycles. The quantitative estimate of drug-likeness (QED) is 0.529. The van der Waals surface area contributed by atoms with Crippen molar-refractivity contribution >= 4 is 39.5 Å². The number of anilines is 3. The molecule has 1 aliphatic heterocycles. The minimum Gasteiger partial charge on any atom is -0.384 e. The molecule has 3 aromatic heterocycles. The minimum absolute atomic E-state index is 0.0133. The Morgan fingerprint density at radius 3 is 2.67 bits per heavy atom. The molecule has 6 rings (SSSR count). The van der Waals surface area contributed by atoms with Gasteiger partial charge in [-0.05, 0) is 43.2 Å². The summed E-state index contributed by atoms with van der Waals surface area (Å²) in [4.78, 5) is 20.7. The van der Waals surface area contributed by atoms with Crippen molar-refractivity contribution in [3.63, 3.8) is 0 Å². The Balaban J connectivity index is 1.42. The number of pyridine rings is 2. The van der Waals surface area contributed by atoms with Crippen molar-refractivity contribution < 1.29 is 4.74 Å². The molecule has 8 nitrogen and oxygen atoms in total. The Morgan fingerprint density at radius 2 is 1.80 bits per heavy atom. The third-order valence-electron chi connectivity index (χ3n) is 5.93. The van der Waals surface area contributed by atoms with Crippen LogP contribution in [-0.4, -0.2) is 45.2 Å². The third-order valence-corrected chi connectivity index (χ3v) is 5.93. The first-order chi connectivity index (χ1) is 14.6. The number of ether oxygens (including phenoxy) is 1. The topological polar surface area (TPSA) is 116 Å². The highest BCUT2D eigenvalue weighted by molar-refractivity contribution is 5.89. The van der Waals surface area contributed by atoms with Gasteiger partial charge in [0, 0.05) is 24.0 Å². The molecule has 8 heteroatoms. The lowest BCUT2D eigenvalue weighted by molar-refractivity contribution is 0.0201. The average Bonchev–Trinajstić information content (AvgIpc) is 3.50. The van der Waals surface area contributed by atoms with Crippen LogP contribution < -0.4 is 16.4 Å². The van der Waals surface area contributed by atoms with Gasteiger partial charge < -0.3 is 21.1 Å². The van der Waals surface area contributed by atoms with Crippen LogP contribution in [0.3, 0.4) is 0 Å². The van der Waals surface area contributed by atoms with Crippen molar-refractivity contribution in [1.29, 1.82) is 0 Å². The van der Waals surface area contributed by atoms with E-state index >= 15 is 0 Å². The number of hydrogen-bond acceptors (Lipinski definition) is 8. The van der Waals surface area contributed by atoms with E-state index in [-0.39, 0.29) is 5.60 Å². The van der Waals surface area contributed by atoms with Gasteiger partial charge in [-0.25, -0.2) is 9.97 Å². The predicted octanol–water partition coefficient (Wildman–Crippen LogP) is 2.77. The van der Waals surface area contributed by atoms with Crippen molar-refractivity contribution in [2.45, 2.75) is 18.4 Å². The van der Waals surface area contributed by atoms with E-state index in [1.54, 1.807) is 6.07 Å². The second-order valence-corrected chi connectivity index (χ2v) is 8.07. The fourth-order valence-electron chi connectivity index (χ4n) is 4.07. The number of aromatic nitrogens is 4. The monoisotopic (exact) mass is 399 g/mol. The summed E-state index contributed by atoms with van der Waals surface area (Å²) in [6.07, 6.45) is 2.19. The number of hydrogen-bond donors (Lipinski definition) is 2.